The number of halogens is 1. The number of aromatic amines is 1. The standard InChI is InChI=1S/C18H21FN4S/c1-12(23-7-5-22(2)6-8-23)16-3-4-17(24-16)13-9-14-15(19)11-21-18(14)20-10-13/h3-4,9-12H,5-8H2,1-2H3,(H,20,21). The van der Waals surface area contributed by atoms with Crippen LogP contribution in [-0.4, -0.2) is 53.0 Å². The first-order valence-corrected chi connectivity index (χ1v) is 9.09. The van der Waals surface area contributed by atoms with E-state index in [1.807, 2.05) is 12.3 Å². The van der Waals surface area contributed by atoms with E-state index in [1.165, 1.54) is 11.1 Å². The van der Waals surface area contributed by atoms with E-state index in [2.05, 4.69) is 45.9 Å². The van der Waals surface area contributed by atoms with Gasteiger partial charge < -0.3 is 9.88 Å². The quantitative estimate of drug-likeness (QED) is 0.786. The van der Waals surface area contributed by atoms with E-state index in [-0.39, 0.29) is 5.82 Å². The average Bonchev–Trinajstić information content (AvgIpc) is 3.22. The van der Waals surface area contributed by atoms with Gasteiger partial charge in [0.05, 0.1) is 5.39 Å². The molecule has 126 valence electrons. The minimum atomic E-state index is -0.248. The van der Waals surface area contributed by atoms with Crippen LogP contribution in [0.5, 0.6) is 0 Å². The summed E-state index contributed by atoms with van der Waals surface area (Å²) in [6, 6.07) is 6.61. The van der Waals surface area contributed by atoms with Gasteiger partial charge in [-0.2, -0.15) is 0 Å². The van der Waals surface area contributed by atoms with E-state index in [4.69, 9.17) is 0 Å². The molecule has 4 heterocycles. The average molecular weight is 344 g/mol. The number of nitrogens with zero attached hydrogens (tertiary/aromatic N) is 3. The number of piperazine rings is 1. The summed E-state index contributed by atoms with van der Waals surface area (Å²) in [6.07, 6.45) is 3.17. The predicted molar refractivity (Wildman–Crippen MR) is 96.8 cm³/mol. The van der Waals surface area contributed by atoms with Gasteiger partial charge in [-0.25, -0.2) is 9.37 Å². The highest BCUT2D eigenvalue weighted by Gasteiger charge is 2.21. The maximum atomic E-state index is 13.8. The molecule has 0 aliphatic carbocycles. The molecule has 6 heteroatoms. The van der Waals surface area contributed by atoms with Gasteiger partial charge in [0.25, 0.3) is 0 Å². The number of hydrogen-bond donors (Lipinski definition) is 1. The summed E-state index contributed by atoms with van der Waals surface area (Å²) in [5, 5.41) is 0.551. The summed E-state index contributed by atoms with van der Waals surface area (Å²) in [5.41, 5.74) is 1.57. The van der Waals surface area contributed by atoms with Gasteiger partial charge >= 0.3 is 0 Å². The number of aromatic nitrogens is 2. The van der Waals surface area contributed by atoms with E-state index >= 15 is 0 Å². The zero-order valence-corrected chi connectivity index (χ0v) is 14.7. The van der Waals surface area contributed by atoms with Crippen LogP contribution < -0.4 is 0 Å². The van der Waals surface area contributed by atoms with Crippen LogP contribution in [0.25, 0.3) is 21.5 Å². The smallest absolute Gasteiger partial charge is 0.150 e. The number of hydrogen-bond acceptors (Lipinski definition) is 4. The number of fused-ring (bicyclic) bond motifs is 1. The van der Waals surface area contributed by atoms with Crippen LogP contribution in [0.2, 0.25) is 0 Å². The monoisotopic (exact) mass is 344 g/mol. The fourth-order valence-corrected chi connectivity index (χ4v) is 4.30. The Morgan fingerprint density at radius 3 is 2.83 bits per heavy atom. The van der Waals surface area contributed by atoms with Gasteiger partial charge in [-0.1, -0.05) is 0 Å². The molecule has 0 amide bonds. The Balaban J connectivity index is 1.58. The molecule has 1 N–H and O–H groups in total. The molecule has 1 aliphatic heterocycles. The minimum absolute atomic E-state index is 0.248. The Morgan fingerprint density at radius 2 is 2.04 bits per heavy atom. The summed E-state index contributed by atoms with van der Waals surface area (Å²) < 4.78 is 13.8. The van der Waals surface area contributed by atoms with Crippen LogP contribution in [0.3, 0.4) is 0 Å². The van der Waals surface area contributed by atoms with Crippen LogP contribution in [0.15, 0.2) is 30.6 Å². The Morgan fingerprint density at radius 1 is 1.25 bits per heavy atom. The highest BCUT2D eigenvalue weighted by atomic mass is 32.1. The van der Waals surface area contributed by atoms with Gasteiger partial charge in [-0.15, -0.1) is 11.3 Å². The first-order chi connectivity index (χ1) is 11.6. The second kappa shape index (κ2) is 6.27. The Bertz CT molecular complexity index is 848. The Kier molecular flexibility index (Phi) is 4.12. The number of thiophene rings is 1. The second-order valence-corrected chi connectivity index (χ2v) is 7.59. The third-order valence-corrected chi connectivity index (χ3v) is 6.19. The molecular weight excluding hydrogens is 323 g/mol. The van der Waals surface area contributed by atoms with Crippen molar-refractivity contribution in [1.82, 2.24) is 19.8 Å². The number of pyridine rings is 1. The topological polar surface area (TPSA) is 35.2 Å². The lowest BCUT2D eigenvalue weighted by atomic mass is 10.2. The molecule has 0 spiro atoms. The molecule has 1 aliphatic rings. The van der Waals surface area contributed by atoms with Crippen molar-refractivity contribution in [3.05, 3.63) is 41.3 Å². The summed E-state index contributed by atoms with van der Waals surface area (Å²) >= 11 is 1.78. The van der Waals surface area contributed by atoms with Gasteiger partial charge in [0.1, 0.15) is 11.5 Å². The van der Waals surface area contributed by atoms with E-state index in [0.29, 0.717) is 17.1 Å². The van der Waals surface area contributed by atoms with Crippen LogP contribution >= 0.6 is 11.3 Å². The van der Waals surface area contributed by atoms with Crippen LogP contribution in [0.1, 0.15) is 17.8 Å². The molecule has 24 heavy (non-hydrogen) atoms. The van der Waals surface area contributed by atoms with Crippen molar-refractivity contribution in [2.24, 2.45) is 0 Å². The summed E-state index contributed by atoms with van der Waals surface area (Å²) in [5.74, 6) is -0.248. The summed E-state index contributed by atoms with van der Waals surface area (Å²) in [4.78, 5) is 14.6. The lowest BCUT2D eigenvalue weighted by Crippen LogP contribution is -2.45. The molecule has 0 saturated carbocycles. The molecule has 1 unspecified atom stereocenters. The fraction of sp³-hybridized carbons (Fsp3) is 0.389. The molecule has 0 bridgehead atoms. The zero-order valence-electron chi connectivity index (χ0n) is 13.9. The molecule has 3 aromatic heterocycles. The molecule has 0 radical (unpaired) electrons. The minimum Gasteiger partial charge on any atom is -0.343 e. The zero-order chi connectivity index (χ0) is 16.7. The van der Waals surface area contributed by atoms with Crippen molar-refractivity contribution in [3.8, 4) is 10.4 Å². The number of rotatable bonds is 3. The van der Waals surface area contributed by atoms with Crippen LogP contribution in [0, 0.1) is 5.82 Å². The van der Waals surface area contributed by atoms with Crippen molar-refractivity contribution < 1.29 is 4.39 Å². The number of H-pyrrole nitrogens is 1. The Labute approximate surface area is 144 Å². The number of nitrogens with one attached hydrogen (secondary N) is 1. The molecule has 4 rings (SSSR count). The van der Waals surface area contributed by atoms with Crippen LogP contribution in [0.4, 0.5) is 4.39 Å². The van der Waals surface area contributed by atoms with Gasteiger partial charge in [-0.3, -0.25) is 4.90 Å². The van der Waals surface area contributed by atoms with Gasteiger partial charge in [0.2, 0.25) is 0 Å². The van der Waals surface area contributed by atoms with Crippen molar-refractivity contribution in [3.63, 3.8) is 0 Å². The van der Waals surface area contributed by atoms with Gasteiger partial charge in [0, 0.05) is 59.9 Å². The van der Waals surface area contributed by atoms with E-state index < -0.39 is 0 Å². The summed E-state index contributed by atoms with van der Waals surface area (Å²) in [6.45, 7) is 6.72. The Hall–Kier alpha value is -1.76. The number of likely N-dealkylation sites (N-methyl/N-ethyl adjacent to an activating group) is 1. The van der Waals surface area contributed by atoms with E-state index in [0.717, 1.165) is 36.6 Å². The normalized spacial score (nSPS) is 18.3. The fourth-order valence-electron chi connectivity index (χ4n) is 3.23. The maximum Gasteiger partial charge on any atom is 0.150 e. The SMILES string of the molecule is CC(c1ccc(-c2cnc3[nH]cc(F)c3c2)s1)N1CCN(C)CC1. The van der Waals surface area contributed by atoms with Crippen molar-refractivity contribution in [2.75, 3.05) is 33.2 Å². The van der Waals surface area contributed by atoms with Crippen molar-refractivity contribution >= 4 is 22.4 Å². The summed E-state index contributed by atoms with van der Waals surface area (Å²) in [7, 11) is 2.18. The highest BCUT2D eigenvalue weighted by molar-refractivity contribution is 7.15. The van der Waals surface area contributed by atoms with Crippen LogP contribution in [-0.2, 0) is 0 Å². The van der Waals surface area contributed by atoms with E-state index in [1.54, 1.807) is 11.3 Å². The lowest BCUT2D eigenvalue weighted by molar-refractivity contribution is 0.120. The molecule has 1 saturated heterocycles. The lowest BCUT2D eigenvalue weighted by Gasteiger charge is -2.36. The predicted octanol–water partition coefficient (Wildman–Crippen LogP) is 3.74. The molecule has 3 aromatic rings. The molecule has 1 fully saturated rings. The molecule has 4 nitrogen and oxygen atoms in total. The first-order valence-electron chi connectivity index (χ1n) is 8.27. The maximum absolute atomic E-state index is 13.8. The second-order valence-electron chi connectivity index (χ2n) is 6.47. The van der Waals surface area contributed by atoms with Crippen molar-refractivity contribution in [1.29, 1.82) is 0 Å². The molecule has 0 aromatic carbocycles. The van der Waals surface area contributed by atoms with Gasteiger partial charge in [-0.05, 0) is 32.2 Å². The third kappa shape index (κ3) is 2.85. The first kappa shape index (κ1) is 15.7. The van der Waals surface area contributed by atoms with Crippen molar-refractivity contribution in [2.45, 2.75) is 13.0 Å². The largest absolute Gasteiger partial charge is 0.343 e. The highest BCUT2D eigenvalue weighted by Crippen LogP contribution is 2.34. The molecular formula is C18H21FN4S. The third-order valence-electron chi connectivity index (χ3n) is 4.89. The molecule has 1 atom stereocenters. The van der Waals surface area contributed by atoms with E-state index in [9.17, 15) is 4.39 Å². The van der Waals surface area contributed by atoms with Gasteiger partial charge in [0.15, 0.2) is 0 Å².